The third kappa shape index (κ3) is 1.34. The van der Waals surface area contributed by atoms with E-state index in [2.05, 4.69) is 0 Å². The minimum Gasteiger partial charge on any atom is -0.329 e. The van der Waals surface area contributed by atoms with E-state index in [4.69, 9.17) is 5.73 Å². The molecule has 1 unspecified atom stereocenters. The summed E-state index contributed by atoms with van der Waals surface area (Å²) in [4.78, 5) is 10.1. The molecule has 0 amide bonds. The number of nitro groups is 1. The molecule has 0 spiro atoms. The third-order valence-corrected chi connectivity index (χ3v) is 3.93. The predicted octanol–water partition coefficient (Wildman–Crippen LogP) is 1.89. The van der Waals surface area contributed by atoms with Crippen LogP contribution in [0.3, 0.4) is 0 Å². The van der Waals surface area contributed by atoms with Crippen LogP contribution in [0, 0.1) is 10.1 Å². The summed E-state index contributed by atoms with van der Waals surface area (Å²) in [5.41, 5.74) is 3.96. The molecule has 1 aromatic heterocycles. The predicted molar refractivity (Wildman–Crippen MR) is 51.3 cm³/mol. The molecule has 2 rings (SSSR count). The van der Waals surface area contributed by atoms with Crippen molar-refractivity contribution >= 4 is 16.3 Å². The molecule has 0 bridgehead atoms. The fourth-order valence-electron chi connectivity index (χ4n) is 1.61. The molecule has 0 radical (unpaired) electrons. The number of nitrogens with zero attached hydrogens (tertiary/aromatic N) is 1. The van der Waals surface area contributed by atoms with E-state index < -0.39 is 16.3 Å². The van der Waals surface area contributed by atoms with E-state index in [0.717, 1.165) is 11.3 Å². The van der Waals surface area contributed by atoms with Crippen LogP contribution < -0.4 is 5.73 Å². The minimum absolute atomic E-state index is 0.125. The van der Waals surface area contributed by atoms with E-state index in [1.807, 2.05) is 0 Å². The standard InChI is InChI=1S/C8H8F2N2O2S/c9-8(10)3-7(8,4-11)5-1-2-6(15-5)12(13)14/h1-2H,3-4,11H2. The first kappa shape index (κ1) is 10.4. The number of hydrogen-bond donors (Lipinski definition) is 1. The van der Waals surface area contributed by atoms with Crippen LogP contribution in [0.4, 0.5) is 13.8 Å². The summed E-state index contributed by atoms with van der Waals surface area (Å²) in [5, 5.41) is 10.3. The van der Waals surface area contributed by atoms with Gasteiger partial charge in [-0.05, 0) is 6.07 Å². The van der Waals surface area contributed by atoms with Gasteiger partial charge in [-0.2, -0.15) is 0 Å². The lowest BCUT2D eigenvalue weighted by Crippen LogP contribution is -2.25. The van der Waals surface area contributed by atoms with Crippen molar-refractivity contribution in [2.75, 3.05) is 6.54 Å². The summed E-state index contributed by atoms with van der Waals surface area (Å²) in [6.07, 6.45) is -0.311. The lowest BCUT2D eigenvalue weighted by Gasteiger charge is -2.10. The van der Waals surface area contributed by atoms with Gasteiger partial charge in [0.1, 0.15) is 0 Å². The average molecular weight is 234 g/mol. The molecular weight excluding hydrogens is 226 g/mol. The van der Waals surface area contributed by atoms with Gasteiger partial charge in [-0.25, -0.2) is 8.78 Å². The molecule has 1 aromatic rings. The zero-order chi connectivity index (χ0) is 11.3. The van der Waals surface area contributed by atoms with E-state index in [-0.39, 0.29) is 18.0 Å². The van der Waals surface area contributed by atoms with Gasteiger partial charge in [-0.15, -0.1) is 0 Å². The molecule has 0 saturated heterocycles. The van der Waals surface area contributed by atoms with Gasteiger partial charge >= 0.3 is 5.00 Å². The Morgan fingerprint density at radius 2 is 2.20 bits per heavy atom. The fraction of sp³-hybridized carbons (Fsp3) is 0.500. The maximum Gasteiger partial charge on any atom is 0.324 e. The summed E-state index contributed by atoms with van der Waals surface area (Å²) < 4.78 is 26.2. The molecule has 0 aromatic carbocycles. The van der Waals surface area contributed by atoms with Crippen molar-refractivity contribution in [3.05, 3.63) is 27.1 Å². The Kier molecular flexibility index (Phi) is 2.06. The van der Waals surface area contributed by atoms with E-state index in [1.165, 1.54) is 12.1 Å². The Hall–Kier alpha value is -1.08. The molecule has 4 nitrogen and oxygen atoms in total. The molecule has 2 N–H and O–H groups in total. The molecule has 1 saturated carbocycles. The first-order valence-corrected chi connectivity index (χ1v) is 5.07. The second-order valence-electron chi connectivity index (χ2n) is 3.56. The molecule has 1 heterocycles. The zero-order valence-electron chi connectivity index (χ0n) is 7.57. The molecule has 1 aliphatic carbocycles. The largest absolute Gasteiger partial charge is 0.329 e. The second kappa shape index (κ2) is 2.96. The number of halogens is 2. The van der Waals surface area contributed by atoms with Gasteiger partial charge < -0.3 is 5.73 Å². The van der Waals surface area contributed by atoms with Crippen molar-refractivity contribution in [3.63, 3.8) is 0 Å². The highest BCUT2D eigenvalue weighted by Crippen LogP contribution is 2.62. The zero-order valence-corrected chi connectivity index (χ0v) is 8.39. The summed E-state index contributed by atoms with van der Waals surface area (Å²) >= 11 is 0.778. The summed E-state index contributed by atoms with van der Waals surface area (Å²) in [7, 11) is 0. The lowest BCUT2D eigenvalue weighted by atomic mass is 10.1. The van der Waals surface area contributed by atoms with Gasteiger partial charge in [0.15, 0.2) is 0 Å². The van der Waals surface area contributed by atoms with Crippen molar-refractivity contribution in [1.82, 2.24) is 0 Å². The van der Waals surface area contributed by atoms with Gasteiger partial charge in [0.25, 0.3) is 5.92 Å². The molecule has 1 aliphatic rings. The van der Waals surface area contributed by atoms with Crippen molar-refractivity contribution in [2.24, 2.45) is 5.73 Å². The molecule has 15 heavy (non-hydrogen) atoms. The van der Waals surface area contributed by atoms with E-state index in [1.54, 1.807) is 0 Å². The van der Waals surface area contributed by atoms with Crippen LogP contribution in [-0.4, -0.2) is 17.4 Å². The van der Waals surface area contributed by atoms with Crippen LogP contribution in [0.25, 0.3) is 0 Å². The van der Waals surface area contributed by atoms with Crippen molar-refractivity contribution < 1.29 is 13.7 Å². The van der Waals surface area contributed by atoms with Gasteiger partial charge in [-0.1, -0.05) is 11.3 Å². The maximum absolute atomic E-state index is 13.1. The molecule has 82 valence electrons. The highest BCUT2D eigenvalue weighted by Gasteiger charge is 2.71. The quantitative estimate of drug-likeness (QED) is 0.641. The van der Waals surface area contributed by atoms with E-state index in [0.29, 0.717) is 4.88 Å². The monoisotopic (exact) mass is 234 g/mol. The van der Waals surface area contributed by atoms with Crippen LogP contribution in [0.1, 0.15) is 11.3 Å². The first-order chi connectivity index (χ1) is 6.93. The SMILES string of the molecule is NCC1(c2ccc([N+](=O)[O-])s2)CC1(F)F. The average Bonchev–Trinajstić information content (AvgIpc) is 2.59. The van der Waals surface area contributed by atoms with Crippen LogP contribution in [0.2, 0.25) is 0 Å². The fourth-order valence-corrected chi connectivity index (χ4v) is 2.68. The van der Waals surface area contributed by atoms with Gasteiger partial charge in [0, 0.05) is 23.9 Å². The molecule has 7 heteroatoms. The molecular formula is C8H8F2N2O2S. The van der Waals surface area contributed by atoms with Crippen molar-refractivity contribution in [1.29, 1.82) is 0 Å². The molecule has 0 aliphatic heterocycles. The topological polar surface area (TPSA) is 69.2 Å². The van der Waals surface area contributed by atoms with Gasteiger partial charge in [-0.3, -0.25) is 10.1 Å². The highest BCUT2D eigenvalue weighted by atomic mass is 32.1. The smallest absolute Gasteiger partial charge is 0.324 e. The lowest BCUT2D eigenvalue weighted by molar-refractivity contribution is -0.380. The highest BCUT2D eigenvalue weighted by molar-refractivity contribution is 7.15. The van der Waals surface area contributed by atoms with E-state index >= 15 is 0 Å². The van der Waals surface area contributed by atoms with Crippen LogP contribution in [0.5, 0.6) is 0 Å². The van der Waals surface area contributed by atoms with Gasteiger partial charge in [0.05, 0.1) is 10.3 Å². The number of alkyl halides is 2. The van der Waals surface area contributed by atoms with Crippen LogP contribution in [-0.2, 0) is 5.41 Å². The Bertz CT molecular complexity index is 421. The van der Waals surface area contributed by atoms with Crippen molar-refractivity contribution in [3.8, 4) is 0 Å². The number of rotatable bonds is 3. The Morgan fingerprint density at radius 3 is 2.53 bits per heavy atom. The maximum atomic E-state index is 13.1. The first-order valence-electron chi connectivity index (χ1n) is 4.25. The summed E-state index contributed by atoms with van der Waals surface area (Å²) in [6, 6.07) is 2.61. The number of hydrogen-bond acceptors (Lipinski definition) is 4. The number of nitrogens with two attached hydrogens (primary N) is 1. The second-order valence-corrected chi connectivity index (χ2v) is 4.62. The third-order valence-electron chi connectivity index (χ3n) is 2.69. The Balaban J connectivity index is 2.34. The normalized spacial score (nSPS) is 27.7. The van der Waals surface area contributed by atoms with Crippen LogP contribution in [0.15, 0.2) is 12.1 Å². The Labute approximate surface area is 87.8 Å². The molecule has 1 atom stereocenters. The minimum atomic E-state index is -2.82. The molecule has 1 fully saturated rings. The van der Waals surface area contributed by atoms with E-state index in [9.17, 15) is 18.9 Å². The summed E-state index contributed by atoms with van der Waals surface area (Å²) in [6.45, 7) is -0.183. The summed E-state index contributed by atoms with van der Waals surface area (Å²) in [5.74, 6) is -2.82. The Morgan fingerprint density at radius 1 is 1.60 bits per heavy atom. The van der Waals surface area contributed by atoms with Crippen molar-refractivity contribution in [2.45, 2.75) is 17.8 Å². The van der Waals surface area contributed by atoms with Gasteiger partial charge in [0.2, 0.25) is 0 Å². The van der Waals surface area contributed by atoms with Crippen LogP contribution >= 0.6 is 11.3 Å². The number of thiophene rings is 1.